The quantitative estimate of drug-likeness (QED) is 0.717. The van der Waals surface area contributed by atoms with Crippen LogP contribution in [0.5, 0.6) is 0 Å². The SMILES string of the molecule is CC.CC1CC(C)OC(c2ccccc2)O1. The number of hydrogen-bond acceptors (Lipinski definition) is 2. The van der Waals surface area contributed by atoms with Crippen LogP contribution in [0.2, 0.25) is 0 Å². The Morgan fingerprint density at radius 1 is 0.938 bits per heavy atom. The monoisotopic (exact) mass is 222 g/mol. The van der Waals surface area contributed by atoms with Crippen molar-refractivity contribution in [2.45, 2.75) is 52.6 Å². The van der Waals surface area contributed by atoms with Gasteiger partial charge in [-0.15, -0.1) is 0 Å². The van der Waals surface area contributed by atoms with Gasteiger partial charge in [0.25, 0.3) is 0 Å². The minimum atomic E-state index is -0.185. The highest BCUT2D eigenvalue weighted by Gasteiger charge is 2.25. The van der Waals surface area contributed by atoms with Gasteiger partial charge in [-0.3, -0.25) is 0 Å². The standard InChI is InChI=1S/C12H16O2.C2H6/c1-9-8-10(2)14-12(13-9)11-6-4-3-5-7-11;1-2/h3-7,9-10,12H,8H2,1-2H3;1-2H3. The van der Waals surface area contributed by atoms with Crippen LogP contribution in [0.1, 0.15) is 46.0 Å². The Kier molecular flexibility index (Phi) is 5.50. The smallest absolute Gasteiger partial charge is 0.184 e. The topological polar surface area (TPSA) is 18.5 Å². The van der Waals surface area contributed by atoms with E-state index >= 15 is 0 Å². The zero-order chi connectivity index (χ0) is 12.0. The first-order valence-electron chi connectivity index (χ1n) is 6.11. The van der Waals surface area contributed by atoms with Crippen LogP contribution < -0.4 is 0 Å². The molecule has 90 valence electrons. The van der Waals surface area contributed by atoms with E-state index in [-0.39, 0.29) is 18.5 Å². The Bertz CT molecular complexity index is 274. The third-order valence-electron chi connectivity index (χ3n) is 2.45. The average Bonchev–Trinajstić information content (AvgIpc) is 2.32. The summed E-state index contributed by atoms with van der Waals surface area (Å²) in [5.41, 5.74) is 1.10. The summed E-state index contributed by atoms with van der Waals surface area (Å²) >= 11 is 0. The summed E-state index contributed by atoms with van der Waals surface area (Å²) in [6.45, 7) is 8.18. The van der Waals surface area contributed by atoms with Gasteiger partial charge in [-0.05, 0) is 20.3 Å². The molecule has 1 aromatic rings. The molecule has 1 aliphatic heterocycles. The highest BCUT2D eigenvalue weighted by atomic mass is 16.7. The molecule has 2 unspecified atom stereocenters. The number of benzene rings is 1. The normalized spacial score (nSPS) is 29.1. The van der Waals surface area contributed by atoms with E-state index in [2.05, 4.69) is 13.8 Å². The van der Waals surface area contributed by atoms with Crippen molar-refractivity contribution in [2.75, 3.05) is 0 Å². The fraction of sp³-hybridized carbons (Fsp3) is 0.571. The van der Waals surface area contributed by atoms with Crippen LogP contribution in [0.4, 0.5) is 0 Å². The molecule has 16 heavy (non-hydrogen) atoms. The number of rotatable bonds is 1. The van der Waals surface area contributed by atoms with Crippen molar-refractivity contribution in [3.8, 4) is 0 Å². The summed E-state index contributed by atoms with van der Waals surface area (Å²) in [6.07, 6.45) is 1.35. The Morgan fingerprint density at radius 2 is 1.44 bits per heavy atom. The first-order valence-corrected chi connectivity index (χ1v) is 6.11. The van der Waals surface area contributed by atoms with Gasteiger partial charge >= 0.3 is 0 Å². The van der Waals surface area contributed by atoms with E-state index in [1.54, 1.807) is 0 Å². The van der Waals surface area contributed by atoms with Gasteiger partial charge in [0, 0.05) is 5.56 Å². The van der Waals surface area contributed by atoms with Crippen LogP contribution in [-0.2, 0) is 9.47 Å². The third-order valence-corrected chi connectivity index (χ3v) is 2.45. The van der Waals surface area contributed by atoms with Crippen LogP contribution in [-0.4, -0.2) is 12.2 Å². The summed E-state index contributed by atoms with van der Waals surface area (Å²) in [6, 6.07) is 10.1. The van der Waals surface area contributed by atoms with Crippen molar-refractivity contribution in [3.63, 3.8) is 0 Å². The minimum Gasteiger partial charge on any atom is -0.345 e. The average molecular weight is 222 g/mol. The Hall–Kier alpha value is -0.860. The number of ether oxygens (including phenoxy) is 2. The Balaban J connectivity index is 0.000000606. The molecule has 2 rings (SSSR count). The van der Waals surface area contributed by atoms with E-state index in [1.165, 1.54) is 0 Å². The van der Waals surface area contributed by atoms with E-state index in [0.717, 1.165) is 12.0 Å². The molecule has 0 saturated carbocycles. The molecule has 1 aromatic carbocycles. The van der Waals surface area contributed by atoms with Crippen LogP contribution in [0, 0.1) is 0 Å². The zero-order valence-corrected chi connectivity index (χ0v) is 10.6. The van der Waals surface area contributed by atoms with Crippen molar-refractivity contribution < 1.29 is 9.47 Å². The molecule has 2 atom stereocenters. The van der Waals surface area contributed by atoms with Crippen molar-refractivity contribution in [1.29, 1.82) is 0 Å². The molecule has 0 amide bonds. The second-order valence-corrected chi connectivity index (χ2v) is 3.87. The Morgan fingerprint density at radius 3 is 1.94 bits per heavy atom. The van der Waals surface area contributed by atoms with Crippen LogP contribution >= 0.6 is 0 Å². The summed E-state index contributed by atoms with van der Waals surface area (Å²) in [4.78, 5) is 0. The fourth-order valence-electron chi connectivity index (χ4n) is 1.80. The summed E-state index contributed by atoms with van der Waals surface area (Å²) in [5.74, 6) is 0. The second-order valence-electron chi connectivity index (χ2n) is 3.87. The molecule has 1 saturated heterocycles. The maximum atomic E-state index is 5.72. The molecular formula is C14H22O2. The van der Waals surface area contributed by atoms with Gasteiger partial charge in [0.05, 0.1) is 12.2 Å². The minimum absolute atomic E-state index is 0.185. The van der Waals surface area contributed by atoms with Crippen molar-refractivity contribution in [1.82, 2.24) is 0 Å². The van der Waals surface area contributed by atoms with Gasteiger partial charge in [-0.1, -0.05) is 44.2 Å². The molecular weight excluding hydrogens is 200 g/mol. The van der Waals surface area contributed by atoms with Gasteiger partial charge in [0.2, 0.25) is 0 Å². The lowest BCUT2D eigenvalue weighted by Crippen LogP contribution is -2.30. The van der Waals surface area contributed by atoms with Gasteiger partial charge in [-0.25, -0.2) is 0 Å². The van der Waals surface area contributed by atoms with E-state index in [1.807, 2.05) is 44.2 Å². The first-order chi connectivity index (χ1) is 7.75. The van der Waals surface area contributed by atoms with Crippen molar-refractivity contribution in [2.24, 2.45) is 0 Å². The first kappa shape index (κ1) is 13.2. The lowest BCUT2D eigenvalue weighted by atomic mass is 10.1. The molecule has 0 radical (unpaired) electrons. The highest BCUT2D eigenvalue weighted by molar-refractivity contribution is 5.16. The number of hydrogen-bond donors (Lipinski definition) is 0. The zero-order valence-electron chi connectivity index (χ0n) is 10.6. The maximum absolute atomic E-state index is 5.72. The molecule has 1 aliphatic rings. The molecule has 0 aliphatic carbocycles. The largest absolute Gasteiger partial charge is 0.345 e. The van der Waals surface area contributed by atoms with Crippen molar-refractivity contribution >= 4 is 0 Å². The highest BCUT2D eigenvalue weighted by Crippen LogP contribution is 2.28. The van der Waals surface area contributed by atoms with Gasteiger partial charge < -0.3 is 9.47 Å². The molecule has 0 bridgehead atoms. The van der Waals surface area contributed by atoms with Gasteiger partial charge in [-0.2, -0.15) is 0 Å². The van der Waals surface area contributed by atoms with E-state index in [9.17, 15) is 0 Å². The van der Waals surface area contributed by atoms with Crippen molar-refractivity contribution in [3.05, 3.63) is 35.9 Å². The van der Waals surface area contributed by atoms with Crippen LogP contribution in [0.3, 0.4) is 0 Å². The molecule has 2 nitrogen and oxygen atoms in total. The third kappa shape index (κ3) is 3.62. The van der Waals surface area contributed by atoms with E-state index < -0.39 is 0 Å². The summed E-state index contributed by atoms with van der Waals surface area (Å²) in [7, 11) is 0. The lowest BCUT2D eigenvalue weighted by molar-refractivity contribution is -0.239. The molecule has 0 N–H and O–H groups in total. The predicted molar refractivity (Wildman–Crippen MR) is 66.2 cm³/mol. The fourth-order valence-corrected chi connectivity index (χ4v) is 1.80. The van der Waals surface area contributed by atoms with Crippen LogP contribution in [0.25, 0.3) is 0 Å². The van der Waals surface area contributed by atoms with E-state index in [0.29, 0.717) is 0 Å². The lowest BCUT2D eigenvalue weighted by Gasteiger charge is -2.32. The Labute approximate surface area is 98.6 Å². The van der Waals surface area contributed by atoms with Crippen LogP contribution in [0.15, 0.2) is 30.3 Å². The van der Waals surface area contributed by atoms with E-state index in [4.69, 9.17) is 9.47 Å². The van der Waals surface area contributed by atoms with Gasteiger partial charge in [0.15, 0.2) is 6.29 Å². The summed E-state index contributed by atoms with van der Waals surface area (Å²) in [5, 5.41) is 0. The molecule has 0 aromatic heterocycles. The second kappa shape index (κ2) is 6.66. The molecule has 1 fully saturated rings. The maximum Gasteiger partial charge on any atom is 0.184 e. The predicted octanol–water partition coefficient (Wildman–Crippen LogP) is 3.93. The molecule has 1 heterocycles. The van der Waals surface area contributed by atoms with Gasteiger partial charge in [0.1, 0.15) is 0 Å². The molecule has 2 heteroatoms. The summed E-state index contributed by atoms with van der Waals surface area (Å²) < 4.78 is 11.4. The molecule has 0 spiro atoms.